The predicted octanol–water partition coefficient (Wildman–Crippen LogP) is 3.74. The standard InChI is InChI=1S/C21H28N4O2/c1-4-13(2)22-20(26)17-11-14(3)25(18-8-6-5-7-16(17)18)12-19-23-21(27-24-19)15-9-10-15/h5-8,13-15,17H,4,9-12H2,1-3H3,(H,22,26)/t13-,14-,17-/m0/s1. The van der Waals surface area contributed by atoms with Gasteiger partial charge in [-0.05, 0) is 51.2 Å². The number of aromatic nitrogens is 2. The summed E-state index contributed by atoms with van der Waals surface area (Å²) in [5.41, 5.74) is 2.18. The number of amides is 1. The van der Waals surface area contributed by atoms with Crippen LogP contribution < -0.4 is 10.2 Å². The van der Waals surface area contributed by atoms with Gasteiger partial charge in [0.1, 0.15) is 0 Å². The lowest BCUT2D eigenvalue weighted by molar-refractivity contribution is -0.123. The molecule has 1 aliphatic heterocycles. The number of carbonyl (C=O) groups is 1. The fourth-order valence-corrected chi connectivity index (χ4v) is 3.79. The van der Waals surface area contributed by atoms with E-state index in [4.69, 9.17) is 4.52 Å². The molecule has 1 saturated carbocycles. The number of rotatable bonds is 6. The zero-order valence-corrected chi connectivity index (χ0v) is 16.3. The molecule has 0 radical (unpaired) electrons. The molecule has 1 aliphatic carbocycles. The van der Waals surface area contributed by atoms with Gasteiger partial charge in [0.25, 0.3) is 0 Å². The van der Waals surface area contributed by atoms with Gasteiger partial charge < -0.3 is 14.7 Å². The monoisotopic (exact) mass is 368 g/mol. The highest BCUT2D eigenvalue weighted by Gasteiger charge is 2.35. The van der Waals surface area contributed by atoms with Crippen molar-refractivity contribution >= 4 is 11.6 Å². The van der Waals surface area contributed by atoms with E-state index in [1.165, 1.54) is 0 Å². The molecule has 3 atom stereocenters. The number of nitrogens with zero attached hydrogens (tertiary/aromatic N) is 3. The number of anilines is 1. The molecule has 6 heteroatoms. The summed E-state index contributed by atoms with van der Waals surface area (Å²) in [4.78, 5) is 19.7. The van der Waals surface area contributed by atoms with Crippen LogP contribution in [0.3, 0.4) is 0 Å². The zero-order valence-electron chi connectivity index (χ0n) is 16.3. The van der Waals surface area contributed by atoms with Crippen molar-refractivity contribution in [2.45, 2.75) is 76.9 Å². The molecule has 6 nitrogen and oxygen atoms in total. The molecule has 2 heterocycles. The highest BCUT2D eigenvalue weighted by Crippen LogP contribution is 2.41. The van der Waals surface area contributed by atoms with Crippen LogP contribution in [0, 0.1) is 0 Å². The topological polar surface area (TPSA) is 71.3 Å². The summed E-state index contributed by atoms with van der Waals surface area (Å²) in [5.74, 6) is 1.97. The normalized spacial score (nSPS) is 23.0. The van der Waals surface area contributed by atoms with Crippen LogP contribution in [0.4, 0.5) is 5.69 Å². The third kappa shape index (κ3) is 3.70. The Kier molecular flexibility index (Phi) is 4.89. The van der Waals surface area contributed by atoms with Crippen LogP contribution in [0.1, 0.15) is 75.6 Å². The second kappa shape index (κ2) is 7.33. The van der Waals surface area contributed by atoms with Gasteiger partial charge in [-0.25, -0.2) is 0 Å². The number of para-hydroxylation sites is 1. The Morgan fingerprint density at radius 1 is 1.37 bits per heavy atom. The van der Waals surface area contributed by atoms with Crippen molar-refractivity contribution in [1.29, 1.82) is 0 Å². The first-order valence-electron chi connectivity index (χ1n) is 10.0. The van der Waals surface area contributed by atoms with Gasteiger partial charge in [-0.3, -0.25) is 4.79 Å². The van der Waals surface area contributed by atoms with Crippen LogP contribution in [-0.2, 0) is 11.3 Å². The summed E-state index contributed by atoms with van der Waals surface area (Å²) in [6.07, 6.45) is 4.02. The molecule has 1 aromatic carbocycles. The smallest absolute Gasteiger partial charge is 0.229 e. The molecule has 1 fully saturated rings. The van der Waals surface area contributed by atoms with Gasteiger partial charge in [0, 0.05) is 23.7 Å². The summed E-state index contributed by atoms with van der Waals surface area (Å²) < 4.78 is 5.42. The molecule has 27 heavy (non-hydrogen) atoms. The Labute approximate surface area is 160 Å². The molecule has 0 spiro atoms. The lowest BCUT2D eigenvalue weighted by atomic mass is 9.85. The Morgan fingerprint density at radius 2 is 2.15 bits per heavy atom. The van der Waals surface area contributed by atoms with E-state index in [0.717, 1.165) is 48.6 Å². The average Bonchev–Trinajstić information content (AvgIpc) is 3.42. The van der Waals surface area contributed by atoms with Crippen LogP contribution in [0.15, 0.2) is 28.8 Å². The molecule has 0 unspecified atom stereocenters. The van der Waals surface area contributed by atoms with Crippen LogP contribution in [0.2, 0.25) is 0 Å². The maximum Gasteiger partial charge on any atom is 0.229 e. The van der Waals surface area contributed by atoms with E-state index >= 15 is 0 Å². The third-order valence-corrected chi connectivity index (χ3v) is 5.77. The number of nitrogens with one attached hydrogen (secondary N) is 1. The third-order valence-electron chi connectivity index (χ3n) is 5.77. The fraction of sp³-hybridized carbons (Fsp3) is 0.571. The van der Waals surface area contributed by atoms with E-state index in [-0.39, 0.29) is 23.9 Å². The van der Waals surface area contributed by atoms with Crippen LogP contribution >= 0.6 is 0 Å². The van der Waals surface area contributed by atoms with Gasteiger partial charge in [0.15, 0.2) is 5.82 Å². The van der Waals surface area contributed by atoms with Crippen LogP contribution in [-0.4, -0.2) is 28.1 Å². The number of fused-ring (bicyclic) bond motifs is 1. The maximum atomic E-state index is 12.9. The second-order valence-electron chi connectivity index (χ2n) is 7.97. The van der Waals surface area contributed by atoms with Gasteiger partial charge in [0.05, 0.1) is 12.5 Å². The summed E-state index contributed by atoms with van der Waals surface area (Å²) >= 11 is 0. The van der Waals surface area contributed by atoms with E-state index in [9.17, 15) is 4.79 Å². The molecule has 0 saturated heterocycles. The zero-order chi connectivity index (χ0) is 19.0. The largest absolute Gasteiger partial charge is 0.361 e. The Hall–Kier alpha value is -2.37. The minimum absolute atomic E-state index is 0.117. The quantitative estimate of drug-likeness (QED) is 0.841. The van der Waals surface area contributed by atoms with Crippen LogP contribution in [0.5, 0.6) is 0 Å². The minimum Gasteiger partial charge on any atom is -0.361 e. The maximum absolute atomic E-state index is 12.9. The number of hydrogen-bond acceptors (Lipinski definition) is 5. The van der Waals surface area contributed by atoms with E-state index < -0.39 is 0 Å². The van der Waals surface area contributed by atoms with E-state index in [1.54, 1.807) is 0 Å². The summed E-state index contributed by atoms with van der Waals surface area (Å²) in [5, 5.41) is 7.33. The fourth-order valence-electron chi connectivity index (χ4n) is 3.79. The molecule has 2 aliphatic rings. The molecule has 1 amide bonds. The predicted molar refractivity (Wildman–Crippen MR) is 104 cm³/mol. The first kappa shape index (κ1) is 18.0. The Bertz CT molecular complexity index is 814. The average molecular weight is 368 g/mol. The van der Waals surface area contributed by atoms with Crippen LogP contribution in [0.25, 0.3) is 0 Å². The van der Waals surface area contributed by atoms with E-state index in [1.807, 2.05) is 12.1 Å². The lowest BCUT2D eigenvalue weighted by Crippen LogP contribution is -2.44. The highest BCUT2D eigenvalue weighted by molar-refractivity contribution is 5.86. The van der Waals surface area contributed by atoms with Gasteiger partial charge in [-0.15, -0.1) is 0 Å². The molecule has 0 bridgehead atoms. The van der Waals surface area contributed by atoms with Crippen molar-refractivity contribution in [2.24, 2.45) is 0 Å². The number of hydrogen-bond donors (Lipinski definition) is 1. The minimum atomic E-state index is -0.117. The van der Waals surface area contributed by atoms with Gasteiger partial charge in [-0.1, -0.05) is 30.3 Å². The number of benzene rings is 1. The molecular formula is C21H28N4O2. The van der Waals surface area contributed by atoms with Crippen molar-refractivity contribution < 1.29 is 9.32 Å². The van der Waals surface area contributed by atoms with Crippen molar-refractivity contribution in [3.8, 4) is 0 Å². The summed E-state index contributed by atoms with van der Waals surface area (Å²) in [6.45, 7) is 6.91. The first-order valence-corrected chi connectivity index (χ1v) is 10.0. The Morgan fingerprint density at radius 3 is 2.89 bits per heavy atom. The summed E-state index contributed by atoms with van der Waals surface area (Å²) in [6, 6.07) is 8.61. The lowest BCUT2D eigenvalue weighted by Gasteiger charge is -2.40. The van der Waals surface area contributed by atoms with Gasteiger partial charge >= 0.3 is 0 Å². The number of carbonyl (C=O) groups excluding carboxylic acids is 1. The van der Waals surface area contributed by atoms with E-state index in [2.05, 4.69) is 53.3 Å². The molecule has 1 N–H and O–H groups in total. The molecular weight excluding hydrogens is 340 g/mol. The van der Waals surface area contributed by atoms with Crippen molar-refractivity contribution in [2.75, 3.05) is 4.90 Å². The first-order chi connectivity index (χ1) is 13.1. The molecule has 144 valence electrons. The summed E-state index contributed by atoms with van der Waals surface area (Å²) in [7, 11) is 0. The second-order valence-corrected chi connectivity index (χ2v) is 7.97. The van der Waals surface area contributed by atoms with Gasteiger partial charge in [0.2, 0.25) is 11.8 Å². The Balaban J connectivity index is 1.57. The molecule has 1 aromatic heterocycles. The van der Waals surface area contributed by atoms with Crippen molar-refractivity contribution in [3.05, 3.63) is 41.5 Å². The van der Waals surface area contributed by atoms with E-state index in [0.29, 0.717) is 12.5 Å². The SMILES string of the molecule is CC[C@H](C)NC(=O)[C@H]1C[C@H](C)N(Cc2noc(C3CC3)n2)c2ccccc21. The molecule has 2 aromatic rings. The van der Waals surface area contributed by atoms with Crippen molar-refractivity contribution in [1.82, 2.24) is 15.5 Å². The van der Waals surface area contributed by atoms with Crippen molar-refractivity contribution in [3.63, 3.8) is 0 Å². The van der Waals surface area contributed by atoms with Gasteiger partial charge in [-0.2, -0.15) is 4.98 Å². The highest BCUT2D eigenvalue weighted by atomic mass is 16.5. The molecule has 4 rings (SSSR count).